The summed E-state index contributed by atoms with van der Waals surface area (Å²) in [4.78, 5) is 17.4. The Morgan fingerprint density at radius 1 is 1.12 bits per heavy atom. The summed E-state index contributed by atoms with van der Waals surface area (Å²) in [5, 5.41) is 6.26. The number of rotatable bonds is 6. The molecule has 1 saturated heterocycles. The van der Waals surface area contributed by atoms with Crippen LogP contribution in [0.2, 0.25) is 5.02 Å². The first-order chi connectivity index (χ1) is 15.9. The molecule has 0 aromatic heterocycles. The minimum Gasteiger partial charge on any atom is -0.478 e. The lowest BCUT2D eigenvalue weighted by molar-refractivity contribution is -0.127. The molecule has 0 radical (unpaired) electrons. The molecular formula is C27H30ClN3O2. The Labute approximate surface area is 200 Å². The Hall–Kier alpha value is -2.60. The quantitative estimate of drug-likeness (QED) is 0.573. The number of halogens is 1. The second-order valence-corrected chi connectivity index (χ2v) is 9.91. The van der Waals surface area contributed by atoms with Crippen molar-refractivity contribution in [2.24, 2.45) is 5.92 Å². The van der Waals surface area contributed by atoms with Gasteiger partial charge < -0.3 is 19.9 Å². The van der Waals surface area contributed by atoms with Gasteiger partial charge in [-0.25, -0.2) is 0 Å². The number of anilines is 1. The average molecular weight is 464 g/mol. The third kappa shape index (κ3) is 4.33. The van der Waals surface area contributed by atoms with Gasteiger partial charge in [0, 0.05) is 44.1 Å². The van der Waals surface area contributed by atoms with Gasteiger partial charge in [0.1, 0.15) is 5.75 Å². The van der Waals surface area contributed by atoms with E-state index in [1.807, 2.05) is 37.2 Å². The third-order valence-electron chi connectivity index (χ3n) is 6.59. The highest BCUT2D eigenvalue weighted by molar-refractivity contribution is 6.34. The van der Waals surface area contributed by atoms with Gasteiger partial charge in [-0.05, 0) is 55.1 Å². The van der Waals surface area contributed by atoms with Crippen molar-refractivity contribution in [1.29, 1.82) is 0 Å². The Kier molecular flexibility index (Phi) is 6.04. The van der Waals surface area contributed by atoms with Gasteiger partial charge in [-0.3, -0.25) is 4.79 Å². The fraction of sp³-hybridized carbons (Fsp3) is 0.370. The number of amides is 1. The molecule has 3 aromatic carbocycles. The molecule has 1 N–H and O–H groups in total. The van der Waals surface area contributed by atoms with Crippen molar-refractivity contribution < 1.29 is 9.53 Å². The van der Waals surface area contributed by atoms with E-state index in [1.54, 1.807) is 0 Å². The summed E-state index contributed by atoms with van der Waals surface area (Å²) in [6.45, 7) is 5.44. The van der Waals surface area contributed by atoms with Crippen LogP contribution in [0, 0.1) is 12.8 Å². The van der Waals surface area contributed by atoms with Crippen LogP contribution in [0.25, 0.3) is 21.9 Å². The number of hydrogen-bond acceptors (Lipinski definition) is 4. The summed E-state index contributed by atoms with van der Waals surface area (Å²) < 4.78 is 6.33. The Morgan fingerprint density at radius 2 is 1.91 bits per heavy atom. The van der Waals surface area contributed by atoms with E-state index in [2.05, 4.69) is 47.5 Å². The minimum atomic E-state index is -0.490. The molecule has 5 nitrogen and oxygen atoms in total. The number of benzene rings is 3. The molecule has 172 valence electrons. The van der Waals surface area contributed by atoms with Crippen LogP contribution < -0.4 is 15.0 Å². The zero-order valence-corrected chi connectivity index (χ0v) is 20.2. The van der Waals surface area contributed by atoms with Gasteiger partial charge in [0.05, 0.1) is 10.7 Å². The van der Waals surface area contributed by atoms with Crippen LogP contribution in [-0.4, -0.2) is 57.2 Å². The smallest absolute Gasteiger partial charge is 0.268 e. The zero-order valence-electron chi connectivity index (χ0n) is 19.4. The van der Waals surface area contributed by atoms with Gasteiger partial charge in [0.25, 0.3) is 5.91 Å². The van der Waals surface area contributed by atoms with E-state index in [4.69, 9.17) is 16.3 Å². The third-order valence-corrected chi connectivity index (χ3v) is 6.90. The summed E-state index contributed by atoms with van der Waals surface area (Å²) in [6, 6.07) is 16.7. The topological polar surface area (TPSA) is 44.8 Å². The largest absolute Gasteiger partial charge is 0.478 e. The Morgan fingerprint density at radius 3 is 2.64 bits per heavy atom. The van der Waals surface area contributed by atoms with Crippen LogP contribution in [0.15, 0.2) is 48.5 Å². The number of hydrogen-bond donors (Lipinski definition) is 1. The molecule has 0 aliphatic carbocycles. The first-order valence-corrected chi connectivity index (χ1v) is 12.0. The van der Waals surface area contributed by atoms with Gasteiger partial charge in [-0.1, -0.05) is 48.0 Å². The molecule has 0 bridgehead atoms. The maximum Gasteiger partial charge on any atom is 0.268 e. The summed E-state index contributed by atoms with van der Waals surface area (Å²) in [5.41, 5.74) is 3.97. The van der Waals surface area contributed by atoms with Crippen LogP contribution in [0.4, 0.5) is 5.69 Å². The SMILES string of the molecule is Cc1cc(-c2cc3c(cc2Cl)N(CC2CNC2)C(=O)[C@@H](CCN(C)C)O3)c2ccccc2c1. The fourth-order valence-electron chi connectivity index (χ4n) is 4.72. The molecule has 0 saturated carbocycles. The minimum absolute atomic E-state index is 0.0288. The molecule has 1 atom stereocenters. The maximum atomic E-state index is 13.4. The van der Waals surface area contributed by atoms with Crippen LogP contribution in [0.3, 0.4) is 0 Å². The lowest BCUT2D eigenvalue weighted by atomic mass is 9.94. The van der Waals surface area contributed by atoms with Gasteiger partial charge in [0.2, 0.25) is 0 Å². The Balaban J connectivity index is 1.60. The molecule has 5 rings (SSSR count). The molecule has 6 heteroatoms. The fourth-order valence-corrected chi connectivity index (χ4v) is 4.98. The zero-order chi connectivity index (χ0) is 23.1. The van der Waals surface area contributed by atoms with Crippen molar-refractivity contribution in [1.82, 2.24) is 10.2 Å². The van der Waals surface area contributed by atoms with E-state index in [9.17, 15) is 4.79 Å². The Bertz CT molecular complexity index is 1210. The summed E-state index contributed by atoms with van der Waals surface area (Å²) in [6.07, 6.45) is 0.159. The van der Waals surface area contributed by atoms with Gasteiger partial charge >= 0.3 is 0 Å². The van der Waals surface area contributed by atoms with Crippen molar-refractivity contribution in [2.75, 3.05) is 45.2 Å². The highest BCUT2D eigenvalue weighted by Crippen LogP contribution is 2.44. The number of ether oxygens (including phenoxy) is 1. The molecule has 0 spiro atoms. The summed E-state index contributed by atoms with van der Waals surface area (Å²) in [5.74, 6) is 1.21. The van der Waals surface area contributed by atoms with E-state index in [0.29, 0.717) is 23.9 Å². The predicted molar refractivity (Wildman–Crippen MR) is 135 cm³/mol. The van der Waals surface area contributed by atoms with Crippen LogP contribution in [-0.2, 0) is 4.79 Å². The normalized spacial score (nSPS) is 18.4. The average Bonchev–Trinajstić information content (AvgIpc) is 2.75. The summed E-state index contributed by atoms with van der Waals surface area (Å²) in [7, 11) is 4.03. The number of aryl methyl sites for hydroxylation is 1. The van der Waals surface area contributed by atoms with Crippen LogP contribution >= 0.6 is 11.6 Å². The van der Waals surface area contributed by atoms with E-state index in [1.165, 1.54) is 10.9 Å². The highest BCUT2D eigenvalue weighted by Gasteiger charge is 2.37. The molecule has 1 fully saturated rings. The number of carbonyl (C=O) groups is 1. The lowest BCUT2D eigenvalue weighted by Gasteiger charge is -2.39. The van der Waals surface area contributed by atoms with Gasteiger partial charge in [-0.2, -0.15) is 0 Å². The number of carbonyl (C=O) groups excluding carboxylic acids is 1. The standard InChI is InChI=1S/C27H30ClN3O2/c1-17-10-19-6-4-5-7-20(19)21(11-17)22-12-26-24(13-23(22)28)31(16-18-14-29-15-18)27(32)25(33-26)8-9-30(2)3/h4-7,10-13,18,25,29H,8-9,14-16H2,1-3H3/t25-/m1/s1. The van der Waals surface area contributed by atoms with E-state index < -0.39 is 6.10 Å². The van der Waals surface area contributed by atoms with Gasteiger partial charge in [0.15, 0.2) is 6.10 Å². The molecule has 0 unspecified atom stereocenters. The number of fused-ring (bicyclic) bond motifs is 2. The maximum absolute atomic E-state index is 13.4. The predicted octanol–water partition coefficient (Wildman–Crippen LogP) is 4.73. The second-order valence-electron chi connectivity index (χ2n) is 9.50. The molecule has 2 aliphatic rings. The van der Waals surface area contributed by atoms with Crippen molar-refractivity contribution in [3.63, 3.8) is 0 Å². The van der Waals surface area contributed by atoms with E-state index >= 15 is 0 Å². The van der Waals surface area contributed by atoms with Crippen molar-refractivity contribution in [3.8, 4) is 16.9 Å². The van der Waals surface area contributed by atoms with Crippen molar-refractivity contribution in [2.45, 2.75) is 19.4 Å². The molecule has 1 amide bonds. The number of nitrogens with zero attached hydrogens (tertiary/aromatic N) is 2. The molecule has 2 aliphatic heterocycles. The van der Waals surface area contributed by atoms with Crippen molar-refractivity contribution in [3.05, 3.63) is 59.1 Å². The second kappa shape index (κ2) is 8.98. The molecule has 2 heterocycles. The monoisotopic (exact) mass is 463 g/mol. The van der Waals surface area contributed by atoms with Crippen LogP contribution in [0.5, 0.6) is 5.75 Å². The summed E-state index contributed by atoms with van der Waals surface area (Å²) >= 11 is 6.87. The molecule has 3 aromatic rings. The van der Waals surface area contributed by atoms with Gasteiger partial charge in [-0.15, -0.1) is 0 Å². The van der Waals surface area contributed by atoms with Crippen LogP contribution in [0.1, 0.15) is 12.0 Å². The van der Waals surface area contributed by atoms with Crippen molar-refractivity contribution >= 4 is 34.0 Å². The van der Waals surface area contributed by atoms with E-state index in [0.717, 1.165) is 47.6 Å². The first kappa shape index (κ1) is 22.2. The highest BCUT2D eigenvalue weighted by atomic mass is 35.5. The van der Waals surface area contributed by atoms with E-state index in [-0.39, 0.29) is 5.91 Å². The lowest BCUT2D eigenvalue weighted by Crippen LogP contribution is -2.54. The molecule has 33 heavy (non-hydrogen) atoms. The molecular weight excluding hydrogens is 434 g/mol. The first-order valence-electron chi connectivity index (χ1n) is 11.6. The number of nitrogens with one attached hydrogen (secondary N) is 1.